The minimum absolute atomic E-state index is 0.0493. The Morgan fingerprint density at radius 3 is 2.43 bits per heavy atom. The Morgan fingerprint density at radius 1 is 1.07 bits per heavy atom. The number of carbonyl (C=O) groups excluding carboxylic acids is 2. The van der Waals surface area contributed by atoms with E-state index in [1.54, 1.807) is 24.3 Å². The number of aromatic nitrogens is 2. The second-order valence-electron chi connectivity index (χ2n) is 5.93. The molecule has 0 saturated heterocycles. The Balaban J connectivity index is 2.35. The Morgan fingerprint density at radius 2 is 1.82 bits per heavy atom. The molecule has 0 spiro atoms. The molecule has 1 heterocycles. The number of nitrogens with two attached hydrogens (primary N) is 2. The fourth-order valence-corrected chi connectivity index (χ4v) is 2.97. The van der Waals surface area contributed by atoms with E-state index in [2.05, 4.69) is 15.3 Å². The van der Waals surface area contributed by atoms with E-state index in [1.807, 2.05) is 0 Å². The van der Waals surface area contributed by atoms with Crippen molar-refractivity contribution < 1.29 is 19.1 Å². The molecule has 0 fully saturated rings. The number of carbonyl (C=O) groups is 2. The van der Waals surface area contributed by atoms with Gasteiger partial charge in [0.05, 0.1) is 42.1 Å². The highest BCUT2D eigenvalue weighted by Crippen LogP contribution is 2.38. The van der Waals surface area contributed by atoms with Gasteiger partial charge in [0.2, 0.25) is 11.9 Å². The molecule has 0 radical (unpaired) electrons. The first kappa shape index (κ1) is 18.9. The van der Waals surface area contributed by atoms with Crippen LogP contribution in [0.2, 0.25) is 0 Å². The molecule has 0 aliphatic carbocycles. The van der Waals surface area contributed by atoms with Gasteiger partial charge in [0, 0.05) is 12.5 Å². The van der Waals surface area contributed by atoms with Crippen LogP contribution in [0.15, 0.2) is 30.3 Å². The van der Waals surface area contributed by atoms with Gasteiger partial charge in [-0.25, -0.2) is 9.97 Å². The standard InChI is InChI=1S/C19H19N5O4/c1-9(25)22-13-8-10(4-7-14(13)27-2)16-15-12(23-19(21)24-16)6-5-11(18(20)26)17(15)28-3/h4-8H,1-3H3,(H2,20,26)(H,22,25)(H2,21,23,24). The van der Waals surface area contributed by atoms with Crippen molar-refractivity contribution in [3.05, 3.63) is 35.9 Å². The van der Waals surface area contributed by atoms with Crippen molar-refractivity contribution in [2.75, 3.05) is 25.3 Å². The second-order valence-corrected chi connectivity index (χ2v) is 5.93. The van der Waals surface area contributed by atoms with Gasteiger partial charge in [-0.15, -0.1) is 0 Å². The van der Waals surface area contributed by atoms with Crippen molar-refractivity contribution >= 4 is 34.4 Å². The Hall–Kier alpha value is -3.88. The summed E-state index contributed by atoms with van der Waals surface area (Å²) in [5, 5.41) is 3.19. The number of nitrogens with zero attached hydrogens (tertiary/aromatic N) is 2. The SMILES string of the molecule is COc1ccc(-c2nc(N)nc3ccc(C(N)=O)c(OC)c23)cc1NC(C)=O. The molecule has 0 saturated carbocycles. The highest BCUT2D eigenvalue weighted by molar-refractivity contribution is 6.07. The summed E-state index contributed by atoms with van der Waals surface area (Å²) in [4.78, 5) is 31.9. The third kappa shape index (κ3) is 3.37. The zero-order chi connectivity index (χ0) is 20.4. The van der Waals surface area contributed by atoms with Crippen LogP contribution in [0.3, 0.4) is 0 Å². The van der Waals surface area contributed by atoms with Gasteiger partial charge < -0.3 is 26.3 Å². The number of nitrogen functional groups attached to an aromatic ring is 1. The van der Waals surface area contributed by atoms with Gasteiger partial charge in [0.25, 0.3) is 5.91 Å². The quantitative estimate of drug-likeness (QED) is 0.613. The number of hydrogen-bond acceptors (Lipinski definition) is 7. The summed E-state index contributed by atoms with van der Waals surface area (Å²) in [5.74, 6) is -0.119. The average molecular weight is 381 g/mol. The van der Waals surface area contributed by atoms with Crippen molar-refractivity contribution in [2.24, 2.45) is 5.73 Å². The average Bonchev–Trinajstić information content (AvgIpc) is 2.65. The third-order valence-corrected chi connectivity index (χ3v) is 4.09. The van der Waals surface area contributed by atoms with Gasteiger partial charge in [-0.05, 0) is 30.3 Å². The number of fused-ring (bicyclic) bond motifs is 1. The Labute approximate surface area is 160 Å². The molecule has 1 aromatic heterocycles. The summed E-state index contributed by atoms with van der Waals surface area (Å²) in [6, 6.07) is 8.28. The van der Waals surface area contributed by atoms with E-state index in [1.165, 1.54) is 27.2 Å². The number of ether oxygens (including phenoxy) is 2. The van der Waals surface area contributed by atoms with E-state index >= 15 is 0 Å². The summed E-state index contributed by atoms with van der Waals surface area (Å²) in [5.41, 5.74) is 13.5. The zero-order valence-corrected chi connectivity index (χ0v) is 15.6. The van der Waals surface area contributed by atoms with Gasteiger partial charge in [-0.2, -0.15) is 0 Å². The van der Waals surface area contributed by atoms with Crippen molar-refractivity contribution in [3.63, 3.8) is 0 Å². The summed E-state index contributed by atoms with van der Waals surface area (Å²) in [6.07, 6.45) is 0. The molecule has 0 atom stereocenters. The van der Waals surface area contributed by atoms with E-state index < -0.39 is 5.91 Å². The third-order valence-electron chi connectivity index (χ3n) is 4.09. The number of hydrogen-bond donors (Lipinski definition) is 3. The summed E-state index contributed by atoms with van der Waals surface area (Å²) >= 11 is 0. The minimum Gasteiger partial charge on any atom is -0.495 e. The van der Waals surface area contributed by atoms with E-state index in [-0.39, 0.29) is 23.2 Å². The lowest BCUT2D eigenvalue weighted by Gasteiger charge is -2.15. The number of benzene rings is 2. The lowest BCUT2D eigenvalue weighted by molar-refractivity contribution is -0.114. The number of primary amides is 1. The monoisotopic (exact) mass is 381 g/mol. The van der Waals surface area contributed by atoms with E-state index in [4.69, 9.17) is 20.9 Å². The maximum atomic E-state index is 11.8. The van der Waals surface area contributed by atoms with Crippen molar-refractivity contribution in [1.29, 1.82) is 0 Å². The maximum Gasteiger partial charge on any atom is 0.252 e. The van der Waals surface area contributed by atoms with E-state index in [9.17, 15) is 9.59 Å². The van der Waals surface area contributed by atoms with Crippen LogP contribution < -0.4 is 26.3 Å². The highest BCUT2D eigenvalue weighted by Gasteiger charge is 2.20. The summed E-state index contributed by atoms with van der Waals surface area (Å²) in [7, 11) is 2.93. The predicted octanol–water partition coefficient (Wildman–Crippen LogP) is 1.95. The number of amides is 2. The van der Waals surface area contributed by atoms with Crippen LogP contribution in [0.4, 0.5) is 11.6 Å². The van der Waals surface area contributed by atoms with E-state index in [0.29, 0.717) is 33.6 Å². The van der Waals surface area contributed by atoms with Crippen LogP contribution in [0.1, 0.15) is 17.3 Å². The van der Waals surface area contributed by atoms with Crippen molar-refractivity contribution in [2.45, 2.75) is 6.92 Å². The molecule has 0 bridgehead atoms. The molecule has 2 aromatic carbocycles. The first-order valence-electron chi connectivity index (χ1n) is 8.25. The molecule has 28 heavy (non-hydrogen) atoms. The lowest BCUT2D eigenvalue weighted by atomic mass is 10.0. The highest BCUT2D eigenvalue weighted by atomic mass is 16.5. The minimum atomic E-state index is -0.643. The number of nitrogens with one attached hydrogen (secondary N) is 1. The molecule has 144 valence electrons. The molecular weight excluding hydrogens is 362 g/mol. The predicted molar refractivity (Wildman–Crippen MR) is 105 cm³/mol. The smallest absolute Gasteiger partial charge is 0.252 e. The molecule has 0 unspecified atom stereocenters. The van der Waals surface area contributed by atoms with Crippen molar-refractivity contribution in [1.82, 2.24) is 9.97 Å². The molecule has 0 aliphatic heterocycles. The fraction of sp³-hybridized carbons (Fsp3) is 0.158. The Bertz CT molecular complexity index is 1100. The van der Waals surface area contributed by atoms with Crippen LogP contribution in [0.5, 0.6) is 11.5 Å². The van der Waals surface area contributed by atoms with Gasteiger partial charge in [-0.1, -0.05) is 0 Å². The number of methoxy groups -OCH3 is 2. The normalized spacial score (nSPS) is 10.5. The van der Waals surface area contributed by atoms with Crippen LogP contribution in [-0.4, -0.2) is 36.0 Å². The molecule has 9 heteroatoms. The Kier molecular flexibility index (Phi) is 4.99. The first-order chi connectivity index (χ1) is 13.3. The summed E-state index contributed by atoms with van der Waals surface area (Å²) < 4.78 is 10.7. The number of rotatable bonds is 5. The van der Waals surface area contributed by atoms with Gasteiger partial charge >= 0.3 is 0 Å². The molecule has 3 rings (SSSR count). The molecule has 3 aromatic rings. The van der Waals surface area contributed by atoms with Crippen molar-refractivity contribution in [3.8, 4) is 22.8 Å². The second kappa shape index (κ2) is 7.39. The van der Waals surface area contributed by atoms with Gasteiger partial charge in [-0.3, -0.25) is 9.59 Å². The maximum absolute atomic E-state index is 11.8. The van der Waals surface area contributed by atoms with Crippen LogP contribution >= 0.6 is 0 Å². The van der Waals surface area contributed by atoms with Crippen LogP contribution in [0, 0.1) is 0 Å². The lowest BCUT2D eigenvalue weighted by Crippen LogP contribution is -2.13. The van der Waals surface area contributed by atoms with Gasteiger partial charge in [0.1, 0.15) is 11.5 Å². The van der Waals surface area contributed by atoms with Crippen LogP contribution in [-0.2, 0) is 4.79 Å². The fourth-order valence-electron chi connectivity index (χ4n) is 2.97. The molecule has 0 aliphatic rings. The molecular formula is C19H19N5O4. The largest absolute Gasteiger partial charge is 0.495 e. The summed E-state index contributed by atoms with van der Waals surface area (Å²) in [6.45, 7) is 1.40. The van der Waals surface area contributed by atoms with Gasteiger partial charge in [0.15, 0.2) is 0 Å². The molecule has 5 N–H and O–H groups in total. The molecule has 9 nitrogen and oxygen atoms in total. The topological polar surface area (TPSA) is 142 Å². The zero-order valence-electron chi connectivity index (χ0n) is 15.6. The molecule has 2 amide bonds. The van der Waals surface area contributed by atoms with Crippen LogP contribution in [0.25, 0.3) is 22.2 Å². The first-order valence-corrected chi connectivity index (χ1v) is 8.25. The van der Waals surface area contributed by atoms with E-state index in [0.717, 1.165) is 0 Å². The number of anilines is 2.